The van der Waals surface area contributed by atoms with Crippen molar-refractivity contribution in [3.63, 3.8) is 0 Å². The Labute approximate surface area is 132 Å². The van der Waals surface area contributed by atoms with Gasteiger partial charge < -0.3 is 5.32 Å². The Balaban J connectivity index is 1.82. The Bertz CT molecular complexity index is 689. The van der Waals surface area contributed by atoms with Crippen LogP contribution in [0.3, 0.4) is 0 Å². The zero-order chi connectivity index (χ0) is 15.8. The number of hydrogen-bond donors (Lipinski definition) is 2. The lowest BCUT2D eigenvalue weighted by atomic mass is 10.2. The molecule has 0 saturated heterocycles. The number of hydrogen-bond acceptors (Lipinski definition) is 4. The van der Waals surface area contributed by atoms with Gasteiger partial charge in [-0.1, -0.05) is 35.9 Å². The van der Waals surface area contributed by atoms with Gasteiger partial charge in [-0.2, -0.15) is 5.10 Å². The van der Waals surface area contributed by atoms with Crippen LogP contribution >= 0.6 is 11.6 Å². The highest BCUT2D eigenvalue weighted by Gasteiger charge is 2.12. The van der Waals surface area contributed by atoms with Crippen LogP contribution in [0, 0.1) is 0 Å². The van der Waals surface area contributed by atoms with Crippen LogP contribution in [0.25, 0.3) is 0 Å². The molecule has 0 aliphatic heterocycles. The highest BCUT2D eigenvalue weighted by molar-refractivity contribution is 6.35. The van der Waals surface area contributed by atoms with Crippen LogP contribution in [-0.4, -0.2) is 23.0 Å². The lowest BCUT2D eigenvalue weighted by Gasteiger charge is -2.03. The Morgan fingerprint density at radius 1 is 1.14 bits per heavy atom. The van der Waals surface area contributed by atoms with E-state index in [1.165, 1.54) is 6.21 Å². The number of pyridine rings is 1. The summed E-state index contributed by atoms with van der Waals surface area (Å²) in [5.74, 6) is -1.65. The number of amides is 2. The molecule has 0 atom stereocenters. The van der Waals surface area contributed by atoms with Crippen molar-refractivity contribution in [2.24, 2.45) is 5.10 Å². The van der Waals surface area contributed by atoms with E-state index in [1.807, 2.05) is 0 Å². The third-order valence-corrected chi connectivity index (χ3v) is 2.98. The van der Waals surface area contributed by atoms with Gasteiger partial charge in [-0.25, -0.2) is 5.43 Å². The van der Waals surface area contributed by atoms with Gasteiger partial charge in [0, 0.05) is 16.8 Å². The molecule has 2 aromatic rings. The average Bonchev–Trinajstić information content (AvgIpc) is 2.55. The van der Waals surface area contributed by atoms with Gasteiger partial charge >= 0.3 is 11.8 Å². The monoisotopic (exact) mass is 316 g/mol. The molecule has 0 bridgehead atoms. The van der Waals surface area contributed by atoms with Crippen molar-refractivity contribution in [3.05, 3.63) is 64.9 Å². The topological polar surface area (TPSA) is 83.5 Å². The lowest BCUT2D eigenvalue weighted by molar-refractivity contribution is -0.139. The zero-order valence-electron chi connectivity index (χ0n) is 11.5. The maximum atomic E-state index is 11.6. The summed E-state index contributed by atoms with van der Waals surface area (Å²) in [4.78, 5) is 27.2. The van der Waals surface area contributed by atoms with Crippen LogP contribution in [0.2, 0.25) is 5.02 Å². The van der Waals surface area contributed by atoms with Gasteiger partial charge in [-0.3, -0.25) is 14.6 Å². The number of halogens is 1. The standard InChI is InChI=1S/C15H13ClN4O2/c16-13-7-2-1-5-11(13)9-19-20-15(22)14(21)18-10-12-6-3-4-8-17-12/h1-9H,10H2,(H,18,21)(H,20,22)/b19-9+. The number of benzene rings is 1. The molecule has 0 aliphatic rings. The van der Waals surface area contributed by atoms with Gasteiger partial charge in [0.1, 0.15) is 0 Å². The van der Waals surface area contributed by atoms with E-state index >= 15 is 0 Å². The summed E-state index contributed by atoms with van der Waals surface area (Å²) in [6.45, 7) is 0.168. The Morgan fingerprint density at radius 3 is 2.64 bits per heavy atom. The van der Waals surface area contributed by atoms with E-state index in [1.54, 1.807) is 48.7 Å². The lowest BCUT2D eigenvalue weighted by Crippen LogP contribution is -2.37. The maximum Gasteiger partial charge on any atom is 0.329 e. The van der Waals surface area contributed by atoms with Crippen LogP contribution in [0.5, 0.6) is 0 Å². The van der Waals surface area contributed by atoms with Crippen LogP contribution in [-0.2, 0) is 16.1 Å². The van der Waals surface area contributed by atoms with Crippen molar-refractivity contribution in [2.75, 3.05) is 0 Å². The number of carbonyl (C=O) groups is 2. The van der Waals surface area contributed by atoms with Crippen LogP contribution in [0.1, 0.15) is 11.3 Å². The number of nitrogens with zero attached hydrogens (tertiary/aromatic N) is 2. The Morgan fingerprint density at radius 2 is 1.91 bits per heavy atom. The quantitative estimate of drug-likeness (QED) is 0.509. The van der Waals surface area contributed by atoms with Gasteiger partial charge in [0.2, 0.25) is 0 Å². The van der Waals surface area contributed by atoms with E-state index in [2.05, 4.69) is 20.8 Å². The molecule has 1 aromatic carbocycles. The second-order valence-electron chi connectivity index (χ2n) is 4.22. The molecule has 0 fully saturated rings. The van der Waals surface area contributed by atoms with Crippen molar-refractivity contribution in [1.29, 1.82) is 0 Å². The molecule has 112 valence electrons. The summed E-state index contributed by atoms with van der Waals surface area (Å²) in [6, 6.07) is 12.3. The molecule has 22 heavy (non-hydrogen) atoms. The summed E-state index contributed by atoms with van der Waals surface area (Å²) in [5, 5.41) is 6.64. The molecule has 0 saturated carbocycles. The molecule has 1 aromatic heterocycles. The van der Waals surface area contributed by atoms with Crippen molar-refractivity contribution in [1.82, 2.24) is 15.7 Å². The Kier molecular flexibility index (Phi) is 5.62. The minimum atomic E-state index is -0.862. The highest BCUT2D eigenvalue weighted by atomic mass is 35.5. The fraction of sp³-hybridized carbons (Fsp3) is 0.0667. The summed E-state index contributed by atoms with van der Waals surface area (Å²) in [6.07, 6.45) is 2.97. The van der Waals surface area contributed by atoms with Gasteiger partial charge in [0.05, 0.1) is 18.5 Å². The summed E-state index contributed by atoms with van der Waals surface area (Å²) in [5.41, 5.74) is 3.43. The van der Waals surface area contributed by atoms with E-state index < -0.39 is 11.8 Å². The van der Waals surface area contributed by atoms with Crippen molar-refractivity contribution in [2.45, 2.75) is 6.54 Å². The molecule has 0 aliphatic carbocycles. The first kappa shape index (κ1) is 15.7. The molecule has 6 nitrogen and oxygen atoms in total. The smallest absolute Gasteiger partial charge is 0.329 e. The first-order valence-corrected chi connectivity index (χ1v) is 6.80. The number of nitrogens with one attached hydrogen (secondary N) is 2. The summed E-state index contributed by atoms with van der Waals surface area (Å²) < 4.78 is 0. The largest absolute Gasteiger partial charge is 0.342 e. The zero-order valence-corrected chi connectivity index (χ0v) is 12.2. The molecule has 2 rings (SSSR count). The minimum absolute atomic E-state index is 0.168. The number of carbonyl (C=O) groups excluding carboxylic acids is 2. The first-order chi connectivity index (χ1) is 10.7. The number of hydrazone groups is 1. The fourth-order valence-corrected chi connectivity index (χ4v) is 1.73. The highest BCUT2D eigenvalue weighted by Crippen LogP contribution is 2.11. The normalized spacial score (nSPS) is 10.4. The SMILES string of the molecule is O=C(NCc1ccccn1)C(=O)N/N=C/c1ccccc1Cl. The second kappa shape index (κ2) is 7.90. The van der Waals surface area contributed by atoms with Gasteiger partial charge in [0.15, 0.2) is 0 Å². The molecular weight excluding hydrogens is 304 g/mol. The predicted molar refractivity (Wildman–Crippen MR) is 83.3 cm³/mol. The predicted octanol–water partition coefficient (Wildman–Crippen LogP) is 1.50. The second-order valence-corrected chi connectivity index (χ2v) is 4.63. The van der Waals surface area contributed by atoms with E-state index in [0.717, 1.165) is 0 Å². The van der Waals surface area contributed by atoms with Crippen LogP contribution in [0.15, 0.2) is 53.8 Å². The third kappa shape index (κ3) is 4.68. The molecule has 7 heteroatoms. The van der Waals surface area contributed by atoms with Gasteiger partial charge in [-0.05, 0) is 18.2 Å². The molecular formula is C15H13ClN4O2. The van der Waals surface area contributed by atoms with E-state index in [0.29, 0.717) is 16.3 Å². The Hall–Kier alpha value is -2.73. The summed E-state index contributed by atoms with van der Waals surface area (Å²) >= 11 is 5.93. The van der Waals surface area contributed by atoms with Crippen molar-refractivity contribution < 1.29 is 9.59 Å². The van der Waals surface area contributed by atoms with E-state index in [-0.39, 0.29) is 6.54 Å². The van der Waals surface area contributed by atoms with Gasteiger partial charge in [0.25, 0.3) is 0 Å². The van der Waals surface area contributed by atoms with Crippen LogP contribution < -0.4 is 10.7 Å². The molecule has 0 unspecified atom stereocenters. The number of aromatic nitrogens is 1. The fourth-order valence-electron chi connectivity index (χ4n) is 1.54. The van der Waals surface area contributed by atoms with Crippen molar-refractivity contribution in [3.8, 4) is 0 Å². The van der Waals surface area contributed by atoms with E-state index in [9.17, 15) is 9.59 Å². The molecule has 0 spiro atoms. The first-order valence-electron chi connectivity index (χ1n) is 6.42. The third-order valence-electron chi connectivity index (χ3n) is 2.64. The minimum Gasteiger partial charge on any atom is -0.342 e. The molecule has 2 amide bonds. The molecule has 2 N–H and O–H groups in total. The summed E-state index contributed by atoms with van der Waals surface area (Å²) in [7, 11) is 0. The molecule has 1 heterocycles. The average molecular weight is 317 g/mol. The van der Waals surface area contributed by atoms with Gasteiger partial charge in [-0.15, -0.1) is 0 Å². The van der Waals surface area contributed by atoms with Crippen molar-refractivity contribution >= 4 is 29.6 Å². The maximum absolute atomic E-state index is 11.6. The van der Waals surface area contributed by atoms with Crippen LogP contribution in [0.4, 0.5) is 0 Å². The van der Waals surface area contributed by atoms with E-state index in [4.69, 9.17) is 11.6 Å². The molecule has 0 radical (unpaired) electrons. The number of rotatable bonds is 4.